The largest absolute Gasteiger partial charge is 0.493 e. The van der Waals surface area contributed by atoms with Crippen molar-refractivity contribution < 1.29 is 27.5 Å². The van der Waals surface area contributed by atoms with Crippen molar-refractivity contribution in [2.45, 2.75) is 19.3 Å². The van der Waals surface area contributed by atoms with Crippen LogP contribution in [0.25, 0.3) is 0 Å². The number of carbonyl (C=O) groups is 2. The van der Waals surface area contributed by atoms with Crippen LogP contribution >= 0.6 is 0 Å². The van der Waals surface area contributed by atoms with E-state index in [-0.39, 0.29) is 25.1 Å². The van der Waals surface area contributed by atoms with Crippen molar-refractivity contribution in [3.63, 3.8) is 0 Å². The Bertz CT molecular complexity index is 905. The van der Waals surface area contributed by atoms with Gasteiger partial charge < -0.3 is 15.4 Å². The van der Waals surface area contributed by atoms with Gasteiger partial charge >= 0.3 is 0 Å². The van der Waals surface area contributed by atoms with E-state index in [4.69, 9.17) is 10.5 Å². The lowest BCUT2D eigenvalue weighted by Gasteiger charge is -2.42. The number of hydrogen-bond acceptors (Lipinski definition) is 3. The van der Waals surface area contributed by atoms with Gasteiger partial charge in [-0.05, 0) is 49.2 Å². The minimum absolute atomic E-state index is 0.0239. The van der Waals surface area contributed by atoms with Crippen LogP contribution in [0.1, 0.15) is 29.6 Å². The second-order valence-corrected chi connectivity index (χ2v) is 7.34. The number of carbonyl (C=O) groups excluding carboxylic acids is 2. The Hall–Kier alpha value is -3.03. The Morgan fingerprint density at radius 3 is 2.41 bits per heavy atom. The fourth-order valence-corrected chi connectivity index (χ4v) is 3.66. The fraction of sp³-hybridized carbons (Fsp3) is 0.333. The summed E-state index contributed by atoms with van der Waals surface area (Å²) in [5.74, 6) is -2.83. The van der Waals surface area contributed by atoms with Crippen LogP contribution in [0.5, 0.6) is 5.75 Å². The van der Waals surface area contributed by atoms with Crippen LogP contribution < -0.4 is 10.5 Å². The molecule has 0 bridgehead atoms. The van der Waals surface area contributed by atoms with E-state index in [1.807, 2.05) is 0 Å². The Labute approximate surface area is 166 Å². The van der Waals surface area contributed by atoms with Crippen molar-refractivity contribution in [2.75, 3.05) is 19.7 Å². The maximum Gasteiger partial charge on any atom is 0.256 e. The van der Waals surface area contributed by atoms with E-state index < -0.39 is 34.7 Å². The highest BCUT2D eigenvalue weighted by atomic mass is 19.1. The number of amides is 2. The van der Waals surface area contributed by atoms with Crippen LogP contribution in [0.3, 0.4) is 0 Å². The number of nitrogens with two attached hydrogens (primary N) is 1. The highest BCUT2D eigenvalue weighted by Crippen LogP contribution is 2.35. The second kappa shape index (κ2) is 8.55. The van der Waals surface area contributed by atoms with Crippen LogP contribution in [-0.4, -0.2) is 36.4 Å². The Balaban J connectivity index is 1.78. The molecule has 2 aromatic rings. The summed E-state index contributed by atoms with van der Waals surface area (Å²) in [6.07, 6.45) is 1.12. The van der Waals surface area contributed by atoms with Crippen LogP contribution in [0, 0.1) is 22.9 Å². The van der Waals surface area contributed by atoms with Crippen molar-refractivity contribution >= 4 is 11.8 Å². The van der Waals surface area contributed by atoms with Gasteiger partial charge in [0.1, 0.15) is 23.2 Å². The van der Waals surface area contributed by atoms with E-state index in [1.54, 1.807) is 0 Å². The summed E-state index contributed by atoms with van der Waals surface area (Å²) in [5.41, 5.74) is 4.43. The van der Waals surface area contributed by atoms with Gasteiger partial charge in [0.15, 0.2) is 0 Å². The SMILES string of the molecule is NC(=O)C[C@@]1(COc2ccc(F)cc2)CCCN(C(=O)c2ccc(F)cc2F)C1. The molecule has 1 fully saturated rings. The summed E-state index contributed by atoms with van der Waals surface area (Å²) in [4.78, 5) is 25.9. The predicted octanol–water partition coefficient (Wildman–Crippen LogP) is 3.28. The molecule has 29 heavy (non-hydrogen) atoms. The number of hydrogen-bond donors (Lipinski definition) is 1. The zero-order valence-corrected chi connectivity index (χ0v) is 15.7. The maximum atomic E-state index is 14.0. The second-order valence-electron chi connectivity index (χ2n) is 7.34. The summed E-state index contributed by atoms with van der Waals surface area (Å²) in [7, 11) is 0. The molecule has 1 heterocycles. The van der Waals surface area contributed by atoms with Gasteiger partial charge in [-0.15, -0.1) is 0 Å². The van der Waals surface area contributed by atoms with Crippen molar-refractivity contribution in [1.82, 2.24) is 4.90 Å². The van der Waals surface area contributed by atoms with Crippen LogP contribution in [-0.2, 0) is 4.79 Å². The Kier molecular flexibility index (Phi) is 6.10. The molecule has 2 aromatic carbocycles. The number of rotatable bonds is 6. The first-order valence-electron chi connectivity index (χ1n) is 9.19. The van der Waals surface area contributed by atoms with Crippen molar-refractivity contribution in [1.29, 1.82) is 0 Å². The van der Waals surface area contributed by atoms with Gasteiger partial charge in [-0.25, -0.2) is 13.2 Å². The number of benzene rings is 2. The van der Waals surface area contributed by atoms with E-state index in [1.165, 1.54) is 29.2 Å². The Morgan fingerprint density at radius 1 is 1.07 bits per heavy atom. The average Bonchev–Trinajstić information content (AvgIpc) is 2.67. The van der Waals surface area contributed by atoms with E-state index in [9.17, 15) is 22.8 Å². The van der Waals surface area contributed by atoms with Crippen molar-refractivity contribution in [2.24, 2.45) is 11.1 Å². The van der Waals surface area contributed by atoms with E-state index in [0.29, 0.717) is 31.2 Å². The topological polar surface area (TPSA) is 72.6 Å². The first-order valence-corrected chi connectivity index (χ1v) is 9.19. The lowest BCUT2D eigenvalue weighted by molar-refractivity contribution is -0.122. The predicted molar refractivity (Wildman–Crippen MR) is 99.6 cm³/mol. The lowest BCUT2D eigenvalue weighted by atomic mass is 9.77. The molecule has 1 atom stereocenters. The maximum absolute atomic E-state index is 14.0. The normalized spacial score (nSPS) is 19.1. The molecule has 0 spiro atoms. The number of nitrogens with zero attached hydrogens (tertiary/aromatic N) is 1. The number of halogens is 3. The van der Waals surface area contributed by atoms with E-state index in [2.05, 4.69) is 0 Å². The quantitative estimate of drug-likeness (QED) is 0.800. The third kappa shape index (κ3) is 5.07. The molecule has 0 aromatic heterocycles. The minimum atomic E-state index is -0.941. The summed E-state index contributed by atoms with van der Waals surface area (Å²) < 4.78 is 46.0. The highest BCUT2D eigenvalue weighted by Gasteiger charge is 2.40. The first kappa shape index (κ1) is 20.7. The first-order chi connectivity index (χ1) is 13.8. The van der Waals surface area contributed by atoms with Gasteiger partial charge in [-0.2, -0.15) is 0 Å². The number of likely N-dealkylation sites (tertiary alicyclic amines) is 1. The molecule has 2 N–H and O–H groups in total. The molecule has 2 amide bonds. The third-order valence-electron chi connectivity index (χ3n) is 5.02. The van der Waals surface area contributed by atoms with Gasteiger partial charge in [0, 0.05) is 31.0 Å². The lowest BCUT2D eigenvalue weighted by Crippen LogP contribution is -2.50. The van der Waals surface area contributed by atoms with Crippen LogP contribution in [0.4, 0.5) is 13.2 Å². The van der Waals surface area contributed by atoms with Gasteiger partial charge in [-0.3, -0.25) is 9.59 Å². The van der Waals surface area contributed by atoms with Crippen LogP contribution in [0.2, 0.25) is 0 Å². The fourth-order valence-electron chi connectivity index (χ4n) is 3.66. The molecule has 5 nitrogen and oxygen atoms in total. The van der Waals surface area contributed by atoms with Crippen molar-refractivity contribution in [3.05, 3.63) is 65.5 Å². The molecule has 0 unspecified atom stereocenters. The van der Waals surface area contributed by atoms with Gasteiger partial charge in [-0.1, -0.05) is 0 Å². The number of ether oxygens (including phenoxy) is 1. The monoisotopic (exact) mass is 406 g/mol. The zero-order valence-electron chi connectivity index (χ0n) is 15.7. The van der Waals surface area contributed by atoms with Crippen molar-refractivity contribution in [3.8, 4) is 5.75 Å². The number of piperidine rings is 1. The molecule has 0 radical (unpaired) electrons. The van der Waals surface area contributed by atoms with Gasteiger partial charge in [0.2, 0.25) is 5.91 Å². The molecule has 1 aliphatic rings. The van der Waals surface area contributed by atoms with E-state index in [0.717, 1.165) is 12.1 Å². The molecule has 8 heteroatoms. The minimum Gasteiger partial charge on any atom is -0.493 e. The summed E-state index contributed by atoms with van der Waals surface area (Å²) >= 11 is 0. The molecule has 0 saturated carbocycles. The van der Waals surface area contributed by atoms with Gasteiger partial charge in [0.05, 0.1) is 12.2 Å². The molecule has 1 aliphatic heterocycles. The van der Waals surface area contributed by atoms with Crippen LogP contribution in [0.15, 0.2) is 42.5 Å². The molecular weight excluding hydrogens is 385 g/mol. The van der Waals surface area contributed by atoms with Gasteiger partial charge in [0.25, 0.3) is 5.91 Å². The Morgan fingerprint density at radius 2 is 1.76 bits per heavy atom. The third-order valence-corrected chi connectivity index (χ3v) is 5.02. The summed E-state index contributed by atoms with van der Waals surface area (Å²) in [5, 5.41) is 0. The average molecular weight is 406 g/mol. The molecular formula is C21H21F3N2O3. The standard InChI is InChI=1S/C21H21F3N2O3/c22-14-2-5-16(6-3-14)29-13-21(11-19(25)27)8-1-9-26(12-21)20(28)17-7-4-15(23)10-18(17)24/h2-7,10H,1,8-9,11-13H2,(H2,25,27)/t21-/m0/s1. The molecule has 0 aliphatic carbocycles. The van der Waals surface area contributed by atoms with E-state index >= 15 is 0 Å². The molecule has 154 valence electrons. The molecule has 1 saturated heterocycles. The number of primary amides is 1. The summed E-state index contributed by atoms with van der Waals surface area (Å²) in [6.45, 7) is 0.580. The highest BCUT2D eigenvalue weighted by molar-refractivity contribution is 5.94. The smallest absolute Gasteiger partial charge is 0.256 e. The zero-order chi connectivity index (χ0) is 21.0. The molecule has 3 rings (SSSR count). The summed E-state index contributed by atoms with van der Waals surface area (Å²) in [6, 6.07) is 8.22.